The number of hydrogen-bond donors (Lipinski definition) is 3. The highest BCUT2D eigenvalue weighted by Gasteiger charge is 2.54. The normalized spacial score (nSPS) is 21.6. The van der Waals surface area contributed by atoms with Gasteiger partial charge in [0.05, 0.1) is 29.8 Å². The van der Waals surface area contributed by atoms with Crippen LogP contribution in [0.15, 0.2) is 29.2 Å². The van der Waals surface area contributed by atoms with Gasteiger partial charge in [-0.3, -0.25) is 24.5 Å². The Bertz CT molecular complexity index is 1480. The minimum atomic E-state index is -3.66. The number of carbonyl (C=O) groups is 2. The fraction of sp³-hybridized carbons (Fsp3) is 0.686. The molecule has 0 bridgehead atoms. The van der Waals surface area contributed by atoms with Gasteiger partial charge in [-0.15, -0.1) is 0 Å². The van der Waals surface area contributed by atoms with E-state index < -0.39 is 21.6 Å². The van der Waals surface area contributed by atoms with Gasteiger partial charge in [0.25, 0.3) is 0 Å². The Morgan fingerprint density at radius 3 is 2.31 bits per heavy atom. The third kappa shape index (κ3) is 7.96. The number of ether oxygens (including phenoxy) is 1. The Balaban J connectivity index is 1.33. The van der Waals surface area contributed by atoms with Crippen LogP contribution in [0.3, 0.4) is 0 Å². The minimum Gasteiger partial charge on any atom is -0.379 e. The first-order chi connectivity index (χ1) is 23.0. The minimum absolute atomic E-state index is 0.0368. The highest BCUT2D eigenvalue weighted by Crippen LogP contribution is 2.40. The van der Waals surface area contributed by atoms with Crippen LogP contribution in [0.2, 0.25) is 0 Å². The highest BCUT2D eigenvalue weighted by molar-refractivity contribution is 7.89. The van der Waals surface area contributed by atoms with Crippen LogP contribution in [0.4, 0.5) is 0 Å². The van der Waals surface area contributed by atoms with Crippen molar-refractivity contribution < 1.29 is 22.7 Å². The summed E-state index contributed by atoms with van der Waals surface area (Å²) < 4.78 is 34.5. The van der Waals surface area contributed by atoms with Gasteiger partial charge in [-0.2, -0.15) is 5.10 Å². The first-order valence-corrected chi connectivity index (χ1v) is 19.2. The monoisotopic (exact) mass is 685 g/mol. The lowest BCUT2D eigenvalue weighted by molar-refractivity contribution is -0.162. The molecule has 1 aromatic heterocycles. The molecule has 0 radical (unpaired) electrons. The lowest BCUT2D eigenvalue weighted by Gasteiger charge is -2.52. The summed E-state index contributed by atoms with van der Waals surface area (Å²) >= 11 is 0. The second kappa shape index (κ2) is 15.8. The van der Waals surface area contributed by atoms with E-state index in [0.29, 0.717) is 51.4 Å². The van der Waals surface area contributed by atoms with Crippen molar-refractivity contribution in [2.75, 3.05) is 59.0 Å². The highest BCUT2D eigenvalue weighted by atomic mass is 32.2. The van der Waals surface area contributed by atoms with Gasteiger partial charge < -0.3 is 15.0 Å². The van der Waals surface area contributed by atoms with E-state index >= 15 is 0 Å². The average Bonchev–Trinajstić information content (AvgIpc) is 3.40. The molecule has 0 saturated carbocycles. The van der Waals surface area contributed by atoms with Crippen molar-refractivity contribution in [1.82, 2.24) is 34.9 Å². The summed E-state index contributed by atoms with van der Waals surface area (Å²) in [6.07, 6.45) is 4.21. The number of H-pyrrole nitrogens is 1. The third-order valence-corrected chi connectivity index (χ3v) is 11.7. The SMILES string of the molecule is CCCCN1C(=O)[C@H](CC(C)C)NC(=O)C12CCN(C(c1ccc(S(=O)(=O)NCCCN3CCOCC3)cc1)c1c(C)n[nH]c1C)CC2. The number of unbranched alkanes of at least 4 members (excludes halogenated alkanes) is 1. The van der Waals surface area contributed by atoms with E-state index in [4.69, 9.17) is 4.74 Å². The predicted octanol–water partition coefficient (Wildman–Crippen LogP) is 3.12. The number of hydrogen-bond acceptors (Lipinski definition) is 8. The maximum Gasteiger partial charge on any atom is 0.246 e. The van der Waals surface area contributed by atoms with Crippen molar-refractivity contribution in [3.63, 3.8) is 0 Å². The number of carbonyl (C=O) groups excluding carboxylic acids is 2. The molecule has 3 fully saturated rings. The largest absolute Gasteiger partial charge is 0.379 e. The molecule has 266 valence electrons. The lowest BCUT2D eigenvalue weighted by Crippen LogP contribution is -2.73. The van der Waals surface area contributed by atoms with Crippen molar-refractivity contribution in [2.24, 2.45) is 5.92 Å². The van der Waals surface area contributed by atoms with Crippen molar-refractivity contribution in [1.29, 1.82) is 0 Å². The molecule has 48 heavy (non-hydrogen) atoms. The second-order valence-electron chi connectivity index (χ2n) is 14.1. The van der Waals surface area contributed by atoms with Crippen molar-refractivity contribution in [3.05, 3.63) is 46.8 Å². The number of likely N-dealkylation sites (tertiary alicyclic amines) is 1. The number of amides is 2. The van der Waals surface area contributed by atoms with E-state index in [2.05, 4.69) is 50.8 Å². The number of rotatable bonds is 14. The first-order valence-electron chi connectivity index (χ1n) is 17.7. The van der Waals surface area contributed by atoms with Crippen molar-refractivity contribution in [2.45, 2.75) is 95.7 Å². The van der Waals surface area contributed by atoms with Crippen LogP contribution in [0.25, 0.3) is 0 Å². The van der Waals surface area contributed by atoms with Gasteiger partial charge in [0, 0.05) is 50.5 Å². The summed E-state index contributed by atoms with van der Waals surface area (Å²) in [5.41, 5.74) is 2.96. The summed E-state index contributed by atoms with van der Waals surface area (Å²) in [6.45, 7) is 16.4. The topological polar surface area (TPSA) is 140 Å². The van der Waals surface area contributed by atoms with Crippen LogP contribution in [-0.4, -0.2) is 116 Å². The molecule has 5 rings (SSSR count). The van der Waals surface area contributed by atoms with Gasteiger partial charge in [-0.05, 0) is 76.1 Å². The molecule has 0 aliphatic carbocycles. The van der Waals surface area contributed by atoms with Crippen LogP contribution in [0, 0.1) is 19.8 Å². The zero-order valence-corrected chi connectivity index (χ0v) is 30.2. The van der Waals surface area contributed by atoms with E-state index in [-0.39, 0.29) is 22.8 Å². The molecule has 3 aliphatic rings. The van der Waals surface area contributed by atoms with E-state index in [0.717, 1.165) is 74.6 Å². The van der Waals surface area contributed by atoms with Gasteiger partial charge in [0.2, 0.25) is 21.8 Å². The summed E-state index contributed by atoms with van der Waals surface area (Å²) in [7, 11) is -3.66. The molecule has 1 aromatic carbocycles. The average molecular weight is 686 g/mol. The number of aryl methyl sites for hydroxylation is 2. The van der Waals surface area contributed by atoms with E-state index in [1.54, 1.807) is 12.1 Å². The summed E-state index contributed by atoms with van der Waals surface area (Å²) in [6, 6.07) is 6.47. The van der Waals surface area contributed by atoms with Gasteiger partial charge in [0.1, 0.15) is 11.6 Å². The van der Waals surface area contributed by atoms with E-state index in [9.17, 15) is 18.0 Å². The number of morpholine rings is 1. The second-order valence-corrected chi connectivity index (χ2v) is 15.9. The number of nitrogens with one attached hydrogen (secondary N) is 3. The quantitative estimate of drug-likeness (QED) is 0.258. The van der Waals surface area contributed by atoms with E-state index in [1.165, 1.54) is 0 Å². The van der Waals surface area contributed by atoms with Crippen LogP contribution in [0.5, 0.6) is 0 Å². The number of aromatic amines is 1. The maximum absolute atomic E-state index is 13.9. The Morgan fingerprint density at radius 1 is 1.02 bits per heavy atom. The molecule has 3 N–H and O–H groups in total. The molecular weight excluding hydrogens is 630 g/mol. The van der Waals surface area contributed by atoms with Crippen molar-refractivity contribution >= 4 is 21.8 Å². The molecule has 12 nitrogen and oxygen atoms in total. The number of piperazine rings is 1. The predicted molar refractivity (Wildman–Crippen MR) is 185 cm³/mol. The Labute approximate surface area is 286 Å². The number of piperidine rings is 1. The lowest BCUT2D eigenvalue weighted by atomic mass is 9.79. The fourth-order valence-corrected chi connectivity index (χ4v) is 8.64. The zero-order valence-electron chi connectivity index (χ0n) is 29.4. The Morgan fingerprint density at radius 2 is 1.71 bits per heavy atom. The van der Waals surface area contributed by atoms with Crippen molar-refractivity contribution in [3.8, 4) is 0 Å². The van der Waals surface area contributed by atoms with E-state index in [1.807, 2.05) is 30.9 Å². The van der Waals surface area contributed by atoms with Gasteiger partial charge >= 0.3 is 0 Å². The maximum atomic E-state index is 13.9. The van der Waals surface area contributed by atoms with Crippen LogP contribution in [0.1, 0.15) is 87.9 Å². The zero-order chi connectivity index (χ0) is 34.5. The molecule has 2 aromatic rings. The standard InChI is InChI=1S/C35H55N7O5S/c1-6-7-17-42-33(43)30(24-25(2)3)37-34(44)35(42)13-18-41(19-14-35)32(31-26(4)38-39-27(31)5)28-9-11-29(12-10-28)48(45,46)36-15-8-16-40-20-22-47-23-21-40/h9-12,25,30,32,36H,6-8,13-24H2,1-5H3,(H,37,44)(H,38,39)/t30-,32?/m0/s1. The fourth-order valence-electron chi connectivity index (χ4n) is 7.57. The molecule has 13 heteroatoms. The van der Waals surface area contributed by atoms with Crippen LogP contribution < -0.4 is 10.0 Å². The molecule has 1 spiro atoms. The summed E-state index contributed by atoms with van der Waals surface area (Å²) in [5.74, 6) is 0.292. The first kappa shape index (κ1) is 36.4. The molecule has 2 amide bonds. The number of benzene rings is 1. The van der Waals surface area contributed by atoms with Gasteiger partial charge in [0.15, 0.2) is 0 Å². The van der Waals surface area contributed by atoms with Gasteiger partial charge in [-0.1, -0.05) is 39.3 Å². The van der Waals surface area contributed by atoms with Crippen LogP contribution >= 0.6 is 0 Å². The molecular formula is C35H55N7O5S. The summed E-state index contributed by atoms with van der Waals surface area (Å²) in [5, 5.41) is 10.7. The Kier molecular flexibility index (Phi) is 12.0. The Hall–Kier alpha value is -2.84. The molecule has 3 aliphatic heterocycles. The number of aromatic nitrogens is 2. The van der Waals surface area contributed by atoms with Crippen LogP contribution in [-0.2, 0) is 24.3 Å². The third-order valence-electron chi connectivity index (χ3n) is 10.3. The molecule has 1 unspecified atom stereocenters. The molecule has 2 atom stereocenters. The smallest absolute Gasteiger partial charge is 0.246 e. The number of sulfonamides is 1. The molecule has 4 heterocycles. The summed E-state index contributed by atoms with van der Waals surface area (Å²) in [4.78, 5) is 34.4. The van der Waals surface area contributed by atoms with Gasteiger partial charge in [-0.25, -0.2) is 13.1 Å². The molecule has 3 saturated heterocycles. The number of nitrogens with zero attached hydrogens (tertiary/aromatic N) is 4.